The topological polar surface area (TPSA) is 68.7 Å². The highest BCUT2D eigenvalue weighted by molar-refractivity contribution is 5.89. The fourth-order valence-corrected chi connectivity index (χ4v) is 3.67. The highest BCUT2D eigenvalue weighted by Crippen LogP contribution is 2.63. The van der Waals surface area contributed by atoms with Crippen molar-refractivity contribution in [3.63, 3.8) is 0 Å². The lowest BCUT2D eigenvalue weighted by molar-refractivity contribution is -0.140. The van der Waals surface area contributed by atoms with Crippen molar-refractivity contribution in [1.29, 1.82) is 0 Å². The van der Waals surface area contributed by atoms with Gasteiger partial charge in [-0.25, -0.2) is 4.98 Å². The Morgan fingerprint density at radius 2 is 1.96 bits per heavy atom. The van der Waals surface area contributed by atoms with E-state index in [1.807, 2.05) is 37.3 Å². The number of aromatic nitrogens is 1. The SMILES string of the molecule is COc1ccc(C)cc1C1(C(=O)O)CC1c1ccc(C(C)C)nc1OC. The maximum Gasteiger partial charge on any atom is 0.314 e. The first-order valence-corrected chi connectivity index (χ1v) is 8.78. The summed E-state index contributed by atoms with van der Waals surface area (Å²) >= 11 is 0. The van der Waals surface area contributed by atoms with Crippen LogP contribution >= 0.6 is 0 Å². The number of methoxy groups -OCH3 is 2. The van der Waals surface area contributed by atoms with E-state index in [0.29, 0.717) is 23.6 Å². The van der Waals surface area contributed by atoms with E-state index in [1.165, 1.54) is 0 Å². The van der Waals surface area contributed by atoms with Crippen LogP contribution in [-0.4, -0.2) is 30.3 Å². The van der Waals surface area contributed by atoms with Crippen molar-refractivity contribution in [3.05, 3.63) is 52.7 Å². The fraction of sp³-hybridized carbons (Fsp3) is 0.429. The number of aliphatic carboxylic acids is 1. The number of carboxylic acid groups (broad SMARTS) is 1. The maximum atomic E-state index is 12.3. The molecule has 1 aromatic heterocycles. The quantitative estimate of drug-likeness (QED) is 0.847. The molecule has 5 heteroatoms. The molecule has 0 radical (unpaired) electrons. The lowest BCUT2D eigenvalue weighted by atomic mass is 9.89. The van der Waals surface area contributed by atoms with E-state index >= 15 is 0 Å². The van der Waals surface area contributed by atoms with Crippen LogP contribution in [0.15, 0.2) is 30.3 Å². The summed E-state index contributed by atoms with van der Waals surface area (Å²) in [5.41, 5.74) is 2.48. The zero-order chi connectivity index (χ0) is 19.1. The van der Waals surface area contributed by atoms with Crippen molar-refractivity contribution in [1.82, 2.24) is 4.98 Å². The Morgan fingerprint density at radius 1 is 1.23 bits per heavy atom. The van der Waals surface area contributed by atoms with Crippen LogP contribution in [0.3, 0.4) is 0 Å². The highest BCUT2D eigenvalue weighted by Gasteiger charge is 2.64. The molecule has 2 unspecified atom stereocenters. The number of hydrogen-bond donors (Lipinski definition) is 1. The number of rotatable bonds is 6. The van der Waals surface area contributed by atoms with Gasteiger partial charge in [0.05, 0.1) is 14.2 Å². The Hall–Kier alpha value is -2.56. The standard InChI is InChI=1S/C21H25NO4/c1-12(2)17-8-7-14(19(22-17)26-5)16-11-21(16,20(23)24)15-10-13(3)6-9-18(15)25-4/h6-10,12,16H,11H2,1-5H3,(H,23,24). The van der Waals surface area contributed by atoms with E-state index in [2.05, 4.69) is 18.8 Å². The van der Waals surface area contributed by atoms with E-state index in [9.17, 15) is 9.90 Å². The number of carboxylic acids is 1. The van der Waals surface area contributed by atoms with E-state index in [1.54, 1.807) is 14.2 Å². The van der Waals surface area contributed by atoms with E-state index < -0.39 is 11.4 Å². The van der Waals surface area contributed by atoms with Crippen molar-refractivity contribution in [2.45, 2.75) is 44.4 Å². The van der Waals surface area contributed by atoms with Gasteiger partial charge in [-0.1, -0.05) is 37.6 Å². The average molecular weight is 355 g/mol. The predicted molar refractivity (Wildman–Crippen MR) is 99.3 cm³/mol. The molecule has 2 aromatic rings. The van der Waals surface area contributed by atoms with Gasteiger partial charge < -0.3 is 14.6 Å². The van der Waals surface area contributed by atoms with Crippen molar-refractivity contribution in [2.75, 3.05) is 14.2 Å². The third kappa shape index (κ3) is 2.81. The Morgan fingerprint density at radius 3 is 2.54 bits per heavy atom. The van der Waals surface area contributed by atoms with Crippen LogP contribution < -0.4 is 9.47 Å². The van der Waals surface area contributed by atoms with Crippen LogP contribution in [0, 0.1) is 6.92 Å². The summed E-state index contributed by atoms with van der Waals surface area (Å²) in [6.45, 7) is 6.09. The summed E-state index contributed by atoms with van der Waals surface area (Å²) in [6, 6.07) is 9.59. The summed E-state index contributed by atoms with van der Waals surface area (Å²) in [7, 11) is 3.15. The van der Waals surface area contributed by atoms with Gasteiger partial charge in [0, 0.05) is 22.7 Å². The molecule has 0 spiro atoms. The molecule has 0 amide bonds. The van der Waals surface area contributed by atoms with Crippen molar-refractivity contribution in [3.8, 4) is 11.6 Å². The number of nitrogens with zero attached hydrogens (tertiary/aromatic N) is 1. The van der Waals surface area contributed by atoms with Gasteiger partial charge in [-0.3, -0.25) is 4.79 Å². The third-order valence-electron chi connectivity index (χ3n) is 5.25. The van der Waals surface area contributed by atoms with Crippen LogP contribution in [0.4, 0.5) is 0 Å². The van der Waals surface area contributed by atoms with Crippen LogP contribution in [0.2, 0.25) is 0 Å². The van der Waals surface area contributed by atoms with Gasteiger partial charge >= 0.3 is 5.97 Å². The van der Waals surface area contributed by atoms with Gasteiger partial charge in [0.25, 0.3) is 0 Å². The van der Waals surface area contributed by atoms with Crippen LogP contribution in [0.25, 0.3) is 0 Å². The normalized spacial score (nSPS) is 21.5. The first-order chi connectivity index (χ1) is 12.3. The molecule has 0 bridgehead atoms. The molecule has 1 aliphatic carbocycles. The lowest BCUT2D eigenvalue weighted by Crippen LogP contribution is -2.23. The van der Waals surface area contributed by atoms with Crippen LogP contribution in [0.5, 0.6) is 11.6 Å². The monoisotopic (exact) mass is 355 g/mol. The summed E-state index contributed by atoms with van der Waals surface area (Å²) in [5, 5.41) is 10.1. The minimum atomic E-state index is -1.01. The Balaban J connectivity index is 2.09. The smallest absolute Gasteiger partial charge is 0.314 e. The van der Waals surface area contributed by atoms with Gasteiger partial charge in [-0.05, 0) is 31.4 Å². The summed E-state index contributed by atoms with van der Waals surface area (Å²) in [4.78, 5) is 16.9. The molecule has 1 fully saturated rings. The van der Waals surface area contributed by atoms with Gasteiger partial charge in [0.1, 0.15) is 11.2 Å². The molecule has 1 N–H and O–H groups in total. The van der Waals surface area contributed by atoms with Crippen molar-refractivity contribution < 1.29 is 19.4 Å². The number of aryl methyl sites for hydroxylation is 1. The van der Waals surface area contributed by atoms with Crippen LogP contribution in [-0.2, 0) is 10.2 Å². The molecule has 26 heavy (non-hydrogen) atoms. The summed E-state index contributed by atoms with van der Waals surface area (Å²) in [5.74, 6) is 0.348. The Bertz CT molecular complexity index is 846. The molecule has 1 heterocycles. The second kappa shape index (κ2) is 6.63. The molecule has 0 aliphatic heterocycles. The number of benzene rings is 1. The van der Waals surface area contributed by atoms with Gasteiger partial charge in [0.2, 0.25) is 5.88 Å². The molecule has 5 nitrogen and oxygen atoms in total. The zero-order valence-corrected chi connectivity index (χ0v) is 15.9. The molecule has 138 valence electrons. The minimum Gasteiger partial charge on any atom is -0.496 e. The highest BCUT2D eigenvalue weighted by atomic mass is 16.5. The fourth-order valence-electron chi connectivity index (χ4n) is 3.67. The van der Waals surface area contributed by atoms with Crippen molar-refractivity contribution in [2.24, 2.45) is 0 Å². The molecule has 1 aromatic carbocycles. The molecule has 0 saturated heterocycles. The first kappa shape index (κ1) is 18.2. The second-order valence-electron chi connectivity index (χ2n) is 7.23. The molecule has 3 rings (SSSR count). The zero-order valence-electron chi connectivity index (χ0n) is 15.9. The van der Waals surface area contributed by atoms with E-state index in [4.69, 9.17) is 9.47 Å². The predicted octanol–water partition coefficient (Wildman–Crippen LogP) is 4.04. The summed E-state index contributed by atoms with van der Waals surface area (Å²) < 4.78 is 10.9. The Kier molecular flexibility index (Phi) is 4.65. The van der Waals surface area contributed by atoms with Crippen molar-refractivity contribution >= 4 is 5.97 Å². The first-order valence-electron chi connectivity index (χ1n) is 8.78. The number of hydrogen-bond acceptors (Lipinski definition) is 4. The number of ether oxygens (including phenoxy) is 2. The maximum absolute atomic E-state index is 12.3. The molecular formula is C21H25NO4. The molecule has 1 saturated carbocycles. The average Bonchev–Trinajstić information content (AvgIpc) is 3.37. The van der Waals surface area contributed by atoms with Gasteiger partial charge in [0.15, 0.2) is 0 Å². The van der Waals surface area contributed by atoms with E-state index in [0.717, 1.165) is 16.8 Å². The molecular weight excluding hydrogens is 330 g/mol. The largest absolute Gasteiger partial charge is 0.496 e. The second-order valence-corrected chi connectivity index (χ2v) is 7.23. The van der Waals surface area contributed by atoms with Gasteiger partial charge in [-0.2, -0.15) is 0 Å². The minimum absolute atomic E-state index is 0.195. The lowest BCUT2D eigenvalue weighted by Gasteiger charge is -2.19. The van der Waals surface area contributed by atoms with Crippen LogP contribution in [0.1, 0.15) is 54.5 Å². The molecule has 1 aliphatic rings. The molecule has 2 atom stereocenters. The summed E-state index contributed by atoms with van der Waals surface area (Å²) in [6.07, 6.45) is 0.501. The third-order valence-corrected chi connectivity index (χ3v) is 5.25. The number of carbonyl (C=O) groups is 1. The van der Waals surface area contributed by atoms with E-state index in [-0.39, 0.29) is 11.8 Å². The van der Waals surface area contributed by atoms with Gasteiger partial charge in [-0.15, -0.1) is 0 Å². The Labute approximate surface area is 154 Å². The number of pyridine rings is 1.